The number of furan rings is 2. The first-order valence-corrected chi connectivity index (χ1v) is 43.5. The van der Waals surface area contributed by atoms with Gasteiger partial charge in [0.1, 0.15) is 22.2 Å². The third-order valence-corrected chi connectivity index (χ3v) is 24.7. The van der Waals surface area contributed by atoms with E-state index in [2.05, 4.69) is 346 Å². The van der Waals surface area contributed by atoms with E-state index in [1.54, 1.807) is 0 Å². The lowest BCUT2D eigenvalue weighted by molar-refractivity contribution is 0.655. The maximum atomic E-state index is 6.31. The Bertz CT molecular complexity index is 8550. The maximum absolute atomic E-state index is 6.31. The van der Waals surface area contributed by atoms with E-state index in [0.717, 1.165) is 222 Å². The molecular formula is C119H73N9O2. The number of fused-ring (bicyclic) bond motifs is 13. The maximum Gasteiger partial charge on any atom is 0.246 e. The highest BCUT2D eigenvalue weighted by Crippen LogP contribution is 2.42. The van der Waals surface area contributed by atoms with Gasteiger partial charge >= 0.3 is 0 Å². The van der Waals surface area contributed by atoms with E-state index in [-0.39, 0.29) is 0 Å². The van der Waals surface area contributed by atoms with E-state index < -0.39 is 0 Å². The predicted octanol–water partition coefficient (Wildman–Crippen LogP) is 30.8. The Morgan fingerprint density at radius 2 is 0.477 bits per heavy atom. The Hall–Kier alpha value is -17.7. The van der Waals surface area contributed by atoms with Crippen LogP contribution in [0, 0.1) is 0 Å². The van der Waals surface area contributed by atoms with E-state index in [4.69, 9.17) is 53.7 Å². The average molecular weight is 1660 g/mol. The Balaban J connectivity index is 0.000000145. The fourth-order valence-electron chi connectivity index (χ4n) is 17.8. The minimum Gasteiger partial charge on any atom is -0.454 e. The van der Waals surface area contributed by atoms with Crippen molar-refractivity contribution in [3.63, 3.8) is 0 Å². The number of benzene rings is 19. The molecule has 0 aliphatic heterocycles. The molecule has 6 heterocycles. The van der Waals surface area contributed by atoms with Crippen LogP contribution in [0.1, 0.15) is 0 Å². The lowest BCUT2D eigenvalue weighted by Crippen LogP contribution is -2.00. The van der Waals surface area contributed by atoms with Gasteiger partial charge in [0.2, 0.25) is 5.71 Å². The van der Waals surface area contributed by atoms with Crippen LogP contribution in [0.2, 0.25) is 0 Å². The smallest absolute Gasteiger partial charge is 0.246 e. The Kier molecular flexibility index (Phi) is 19.0. The van der Waals surface area contributed by atoms with E-state index >= 15 is 0 Å². The van der Waals surface area contributed by atoms with Crippen molar-refractivity contribution in [1.29, 1.82) is 0 Å². The molecule has 6 aromatic heterocycles. The van der Waals surface area contributed by atoms with Crippen molar-refractivity contribution in [2.75, 3.05) is 0 Å². The molecule has 19 aromatic carbocycles. The van der Waals surface area contributed by atoms with Crippen LogP contribution in [0.15, 0.2) is 452 Å². The first-order chi connectivity index (χ1) is 64.3. The first kappa shape index (κ1) is 76.0. The zero-order valence-corrected chi connectivity index (χ0v) is 70.0. The molecule has 25 aromatic rings. The van der Waals surface area contributed by atoms with Crippen LogP contribution < -0.4 is 0 Å². The number of hydrogen-bond acceptors (Lipinski definition) is 11. The molecule has 0 aliphatic rings. The van der Waals surface area contributed by atoms with Crippen molar-refractivity contribution < 1.29 is 8.83 Å². The molecule has 0 spiro atoms. The van der Waals surface area contributed by atoms with Crippen molar-refractivity contribution in [2.45, 2.75) is 0 Å². The number of aromatic nitrogens is 9. The van der Waals surface area contributed by atoms with Crippen LogP contribution in [0.4, 0.5) is 0 Å². The SMILES string of the molecule is c1ccc(-c2ccc(-c3nc(-c4ccc(-c5ccccc5)cc4)nc(-c4ccc(-c5ccc(-c6cccc(-c7ccc8nc9ccc%10c%11ccccc%11oc%10c9nc8c7)c6)cc5)cc4)n3)cc2)cc1.c1ccc(-c2ccc(-c3nc4ccccc4nc3-c3ccc(-c4cccc(-c5ccc(-c6ccc7c(ccc8oc9nc%10ccccc%10nc9c87)c6)cc5)c4)cc3)cc2)cc1. The summed E-state index contributed by atoms with van der Waals surface area (Å²) < 4.78 is 12.5. The summed E-state index contributed by atoms with van der Waals surface area (Å²) in [6, 6.07) is 154. The van der Waals surface area contributed by atoms with Crippen LogP contribution in [-0.4, -0.2) is 44.9 Å². The number of hydrogen-bond donors (Lipinski definition) is 0. The molecule has 0 saturated heterocycles. The standard InChI is InChI=1S/C63H39N5O.C56H34N4O/c1-3-10-40(11-4-1)42-22-28-47(29-23-42)61-66-62(48-30-24-43(25-31-48)41-12-5-2-6-13-41)68-63(67-61)49-32-26-45(27-33-49)44-18-20-46(21-19-44)50-14-9-15-51(38-50)52-34-36-55-57(39-52)65-59-56(64-55)37-35-54-53-16-7-8-17-58(53)69-60(54)59;1-2-9-35(10-3-1)36-21-25-40(26-22-36)53-54(58-48-14-5-4-13-47(48)57-53)41-27-23-38(24-28-41)43-12-8-11-42(33-43)37-17-19-39(20-18-37)44-29-31-46-45(34-44)30-32-51-52(46)55-56(61-51)60-50-16-7-6-15-49(50)59-55/h1-39H;1-34H. The normalized spacial score (nSPS) is 11.5. The summed E-state index contributed by atoms with van der Waals surface area (Å²) in [6.07, 6.45) is 0. The second-order valence-electron chi connectivity index (χ2n) is 32.7. The van der Waals surface area contributed by atoms with Gasteiger partial charge in [0, 0.05) is 38.6 Å². The van der Waals surface area contributed by atoms with Gasteiger partial charge in [-0.05, 0) is 190 Å². The minimum absolute atomic E-state index is 0.563. The van der Waals surface area contributed by atoms with Crippen molar-refractivity contribution in [2.24, 2.45) is 0 Å². The molecule has 0 fully saturated rings. The third-order valence-electron chi connectivity index (χ3n) is 24.7. The predicted molar refractivity (Wildman–Crippen MR) is 531 cm³/mol. The molecular weight excluding hydrogens is 1590 g/mol. The van der Waals surface area contributed by atoms with Gasteiger partial charge < -0.3 is 8.83 Å². The summed E-state index contributed by atoms with van der Waals surface area (Å²) >= 11 is 0. The van der Waals surface area contributed by atoms with Crippen LogP contribution >= 0.6 is 0 Å². The average Bonchev–Trinajstić information content (AvgIpc) is 1.58. The molecule has 0 aliphatic carbocycles. The molecule has 0 N–H and O–H groups in total. The van der Waals surface area contributed by atoms with Crippen LogP contribution in [0.25, 0.3) is 256 Å². The summed E-state index contributed by atoms with van der Waals surface area (Å²) in [6.45, 7) is 0. The van der Waals surface area contributed by atoms with E-state index in [9.17, 15) is 0 Å². The van der Waals surface area contributed by atoms with Crippen molar-refractivity contribution in [3.05, 3.63) is 443 Å². The summed E-state index contributed by atoms with van der Waals surface area (Å²) in [5, 5.41) is 5.36. The molecule has 11 heteroatoms. The lowest BCUT2D eigenvalue weighted by Gasteiger charge is -2.12. The highest BCUT2D eigenvalue weighted by Gasteiger charge is 2.21. The second-order valence-corrected chi connectivity index (χ2v) is 32.7. The molecule has 0 atom stereocenters. The summed E-state index contributed by atoms with van der Waals surface area (Å²) in [4.78, 5) is 45.2. The third kappa shape index (κ3) is 14.5. The molecule has 0 unspecified atom stereocenters. The number of nitrogens with zero attached hydrogens (tertiary/aromatic N) is 9. The topological polar surface area (TPSA) is 142 Å². The summed E-state index contributed by atoms with van der Waals surface area (Å²) in [5.74, 6) is 1.86. The molecule has 0 radical (unpaired) electrons. The number of para-hydroxylation sites is 5. The van der Waals surface area contributed by atoms with Crippen LogP contribution in [0.5, 0.6) is 0 Å². The Morgan fingerprint density at radius 3 is 0.946 bits per heavy atom. The van der Waals surface area contributed by atoms with Gasteiger partial charge in [0.25, 0.3) is 0 Å². The monoisotopic (exact) mass is 1660 g/mol. The van der Waals surface area contributed by atoms with E-state index in [0.29, 0.717) is 23.2 Å². The zero-order valence-electron chi connectivity index (χ0n) is 70.0. The van der Waals surface area contributed by atoms with Crippen LogP contribution in [-0.2, 0) is 0 Å². The molecule has 0 amide bonds. The molecule has 11 nitrogen and oxygen atoms in total. The van der Waals surface area contributed by atoms with Crippen molar-refractivity contribution in [1.82, 2.24) is 44.9 Å². The molecule has 606 valence electrons. The lowest BCUT2D eigenvalue weighted by atomic mass is 9.95. The Morgan fingerprint density at radius 1 is 0.154 bits per heavy atom. The van der Waals surface area contributed by atoms with Gasteiger partial charge in [-0.3, -0.25) is 0 Å². The van der Waals surface area contributed by atoms with Gasteiger partial charge in [0.05, 0.1) is 55.4 Å². The largest absolute Gasteiger partial charge is 0.454 e. The van der Waals surface area contributed by atoms with Crippen molar-refractivity contribution in [3.8, 4) is 157 Å². The molecule has 0 saturated carbocycles. The quantitative estimate of drug-likeness (QED) is 0.0960. The van der Waals surface area contributed by atoms with Gasteiger partial charge in [-0.2, -0.15) is 0 Å². The van der Waals surface area contributed by atoms with E-state index in [1.807, 2.05) is 97.1 Å². The fraction of sp³-hybridized carbons (Fsp3) is 0. The Labute approximate surface area is 747 Å². The summed E-state index contributed by atoms with van der Waals surface area (Å²) in [5.41, 5.74) is 37.6. The van der Waals surface area contributed by atoms with Crippen molar-refractivity contribution >= 4 is 99.0 Å². The van der Waals surface area contributed by atoms with Gasteiger partial charge in [-0.15, -0.1) is 0 Å². The van der Waals surface area contributed by atoms with E-state index in [1.165, 1.54) is 11.1 Å². The highest BCUT2D eigenvalue weighted by atomic mass is 16.3. The zero-order chi connectivity index (χ0) is 86.0. The van der Waals surface area contributed by atoms with Gasteiger partial charge in [-0.25, -0.2) is 44.9 Å². The van der Waals surface area contributed by atoms with Crippen LogP contribution in [0.3, 0.4) is 0 Å². The molecule has 130 heavy (non-hydrogen) atoms. The summed E-state index contributed by atoms with van der Waals surface area (Å²) in [7, 11) is 0. The molecule has 25 rings (SSSR count). The highest BCUT2D eigenvalue weighted by molar-refractivity contribution is 6.18. The van der Waals surface area contributed by atoms with Gasteiger partial charge in [0.15, 0.2) is 23.1 Å². The van der Waals surface area contributed by atoms with Gasteiger partial charge in [-0.1, -0.05) is 364 Å². The minimum atomic E-state index is 0.563. The first-order valence-electron chi connectivity index (χ1n) is 43.5. The number of rotatable bonds is 14. The fourth-order valence-corrected chi connectivity index (χ4v) is 17.8. The second kappa shape index (κ2) is 32.5. The molecule has 0 bridgehead atoms.